The number of imidazole rings is 4. The summed E-state index contributed by atoms with van der Waals surface area (Å²) in [6.45, 7) is 0. The SMILES string of the molecule is c1ccc(-n2c(-c3ccc4c(c3)c3cccc5c6cnccc6n4c53)nc3ccccc32)cc1.c1ccc(-n2c(-c3ccc4c(c3)c3cncc5c6ccccc6n4c53)nc3ccccc32)cc1.c1ccc(-n2c(-c3ccc4c(c3)c3cncc5c6cnccc6n4c53)nc3ccccc32)cc1.c1ccc(-n2c(-c3ccc4c(c3)c3nncc5c6ccccc6n4c53)nc3ccccc32)cc1. The average molecular weight is 1740 g/mol. The van der Waals surface area contributed by atoms with Crippen LogP contribution in [0.3, 0.4) is 0 Å². The van der Waals surface area contributed by atoms with Gasteiger partial charge in [0.15, 0.2) is 0 Å². The van der Waals surface area contributed by atoms with Gasteiger partial charge in [0, 0.05) is 175 Å². The standard InChI is InChI=1S/2C30H18N4.2C29H17N5/c1-2-8-20(9-3-1)33-28-13-7-5-11-25(28)32-30(33)19-14-15-27-22(16-19)24-18-31-17-23-21-10-4-6-12-26(21)34(27)29(23)24;1-2-7-20(8-3-1)33-28-12-5-4-11-25(28)32-30(33)19-13-14-26-23(17-19)21-9-6-10-22-24-18-31-16-15-27(24)34(26)29(21)22;1-2-8-19(9-3-1)33-26-13-7-5-11-23(26)31-29(33)18-14-15-25-21(16-18)27-28-22(17-30-32-27)20-10-4-6-12-24(20)34(25)28;1-2-6-19(7-3-1)33-27-9-5-4-8-24(27)32-29(33)18-10-11-25-20(14-18)22-16-31-17-23-21-15-30-13-12-26(21)34(25)28(22)23/h2*1-18H;2*1-17H. The number of pyridine rings is 4. The first-order chi connectivity index (χ1) is 67.5. The van der Waals surface area contributed by atoms with Crippen molar-refractivity contribution in [3.63, 3.8) is 0 Å². The van der Waals surface area contributed by atoms with E-state index in [1.54, 1.807) is 0 Å². The Morgan fingerprint density at radius 1 is 0.169 bits per heavy atom. The Hall–Kier alpha value is -18.9. The summed E-state index contributed by atoms with van der Waals surface area (Å²) in [6, 6.07) is 129. The maximum absolute atomic E-state index is 5.07. The molecule has 17 heterocycles. The molecule has 15 aromatic carbocycles. The third kappa shape index (κ3) is 11.0. The second kappa shape index (κ2) is 29.3. The molecule has 18 heteroatoms. The molecule has 32 aromatic rings. The van der Waals surface area contributed by atoms with Gasteiger partial charge in [-0.15, -0.1) is 5.10 Å². The highest BCUT2D eigenvalue weighted by Crippen LogP contribution is 2.47. The largest absolute Gasteiger partial charge is 0.308 e. The molecule has 0 bridgehead atoms. The Balaban J connectivity index is 0.0000000879. The lowest BCUT2D eigenvalue weighted by Crippen LogP contribution is -1.97. The van der Waals surface area contributed by atoms with Gasteiger partial charge < -0.3 is 17.6 Å². The van der Waals surface area contributed by atoms with Gasteiger partial charge in [-0.1, -0.05) is 176 Å². The Labute approximate surface area is 771 Å². The van der Waals surface area contributed by atoms with Crippen molar-refractivity contribution in [2.75, 3.05) is 0 Å². The van der Waals surface area contributed by atoms with Crippen LogP contribution in [-0.4, -0.2) is 85.9 Å². The zero-order chi connectivity index (χ0) is 88.9. The molecule has 0 unspecified atom stereocenters. The van der Waals surface area contributed by atoms with Gasteiger partial charge >= 0.3 is 0 Å². The summed E-state index contributed by atoms with van der Waals surface area (Å²) in [5.74, 6) is 3.74. The zero-order valence-corrected chi connectivity index (χ0v) is 72.5. The lowest BCUT2D eigenvalue weighted by atomic mass is 10.1. The van der Waals surface area contributed by atoms with Crippen LogP contribution in [0.5, 0.6) is 0 Å². The smallest absolute Gasteiger partial charge is 0.145 e. The fourth-order valence-electron chi connectivity index (χ4n) is 21.8. The van der Waals surface area contributed by atoms with Gasteiger partial charge in [0.05, 0.1) is 117 Å². The highest BCUT2D eigenvalue weighted by atomic mass is 15.1. The molecule has 0 spiro atoms. The van der Waals surface area contributed by atoms with E-state index in [1.165, 1.54) is 104 Å². The van der Waals surface area contributed by atoms with Gasteiger partial charge in [-0.3, -0.25) is 38.2 Å². The number of nitrogens with zero attached hydrogens (tertiary/aromatic N) is 18. The van der Waals surface area contributed by atoms with Crippen LogP contribution < -0.4 is 0 Å². The van der Waals surface area contributed by atoms with E-state index in [4.69, 9.17) is 19.9 Å². The fourth-order valence-corrected chi connectivity index (χ4v) is 21.8. The monoisotopic (exact) mass is 1740 g/mol. The van der Waals surface area contributed by atoms with Crippen molar-refractivity contribution in [1.29, 1.82) is 0 Å². The van der Waals surface area contributed by atoms with Crippen LogP contribution in [0.4, 0.5) is 0 Å². The summed E-state index contributed by atoms with van der Waals surface area (Å²) < 4.78 is 18.4. The molecule has 18 nitrogen and oxygen atoms in total. The van der Waals surface area contributed by atoms with Crippen molar-refractivity contribution in [3.8, 4) is 68.3 Å². The van der Waals surface area contributed by atoms with Crippen molar-refractivity contribution < 1.29 is 0 Å². The minimum atomic E-state index is 0.914. The summed E-state index contributed by atoms with van der Waals surface area (Å²) in [4.78, 5) is 38.1. The van der Waals surface area contributed by atoms with Gasteiger partial charge in [-0.25, -0.2) is 19.9 Å². The number of para-hydroxylation sites is 15. The number of aromatic nitrogens is 18. The predicted octanol–water partition coefficient (Wildman–Crippen LogP) is 27.7. The third-order valence-corrected chi connectivity index (χ3v) is 27.5. The molecule has 0 saturated carbocycles. The van der Waals surface area contributed by atoms with Crippen LogP contribution in [0.1, 0.15) is 0 Å². The number of hydrogen-bond acceptors (Lipinski definition) is 10. The molecule has 0 saturated heterocycles. The summed E-state index contributed by atoms with van der Waals surface area (Å²) in [5, 5.41) is 26.7. The Bertz CT molecular complexity index is 9240. The van der Waals surface area contributed by atoms with E-state index >= 15 is 0 Å². The Morgan fingerprint density at radius 3 is 0.831 bits per heavy atom. The van der Waals surface area contributed by atoms with E-state index < -0.39 is 0 Å². The van der Waals surface area contributed by atoms with E-state index in [-0.39, 0.29) is 0 Å². The van der Waals surface area contributed by atoms with E-state index in [0.29, 0.717) is 0 Å². The van der Waals surface area contributed by atoms with E-state index in [0.717, 1.165) is 161 Å². The molecular weight excluding hydrogens is 1670 g/mol. The number of rotatable bonds is 8. The van der Waals surface area contributed by atoms with E-state index in [9.17, 15) is 0 Å². The van der Waals surface area contributed by atoms with Crippen molar-refractivity contribution in [1.82, 2.24) is 85.9 Å². The summed E-state index contributed by atoms with van der Waals surface area (Å²) in [5.41, 5.74) is 32.2. The van der Waals surface area contributed by atoms with Gasteiger partial charge in [-0.2, -0.15) is 5.10 Å². The molecule has 32 rings (SSSR count). The van der Waals surface area contributed by atoms with Crippen LogP contribution in [0, 0.1) is 0 Å². The lowest BCUT2D eigenvalue weighted by molar-refractivity contribution is 1.09. The van der Waals surface area contributed by atoms with Gasteiger partial charge in [-0.05, 0) is 194 Å². The summed E-state index contributed by atoms with van der Waals surface area (Å²) >= 11 is 0. The molecule has 0 amide bonds. The average Bonchev–Trinajstić information content (AvgIpc) is 1.55. The number of hydrogen-bond donors (Lipinski definition) is 0. The quantitative estimate of drug-likeness (QED) is 0.143. The molecule has 632 valence electrons. The minimum Gasteiger partial charge on any atom is -0.308 e. The van der Waals surface area contributed by atoms with Crippen molar-refractivity contribution in [2.24, 2.45) is 0 Å². The second-order valence-electron chi connectivity index (χ2n) is 34.8. The molecule has 0 aliphatic heterocycles. The molecule has 0 atom stereocenters. The Kier molecular flexibility index (Phi) is 16.1. The van der Waals surface area contributed by atoms with Crippen molar-refractivity contribution in [2.45, 2.75) is 0 Å². The molecular formula is C118H70N18. The molecule has 0 aliphatic carbocycles. The fraction of sp³-hybridized carbons (Fsp3) is 0. The van der Waals surface area contributed by atoms with Gasteiger partial charge in [0.25, 0.3) is 0 Å². The van der Waals surface area contributed by atoms with Crippen LogP contribution in [-0.2, 0) is 0 Å². The molecule has 0 fully saturated rings. The van der Waals surface area contributed by atoms with Crippen molar-refractivity contribution >= 4 is 197 Å². The number of benzene rings is 15. The maximum Gasteiger partial charge on any atom is 0.145 e. The number of fused-ring (bicyclic) bond motifs is 28. The zero-order valence-electron chi connectivity index (χ0n) is 72.5. The highest BCUT2D eigenvalue weighted by Gasteiger charge is 2.28. The van der Waals surface area contributed by atoms with Gasteiger partial charge in [0.2, 0.25) is 0 Å². The first kappa shape index (κ1) is 74.9. The second-order valence-corrected chi connectivity index (χ2v) is 34.8. The van der Waals surface area contributed by atoms with Crippen LogP contribution in [0.2, 0.25) is 0 Å². The molecule has 0 aliphatic rings. The Morgan fingerprint density at radius 2 is 0.434 bits per heavy atom. The molecule has 0 N–H and O–H groups in total. The van der Waals surface area contributed by atoms with Crippen LogP contribution in [0.25, 0.3) is 265 Å². The lowest BCUT2D eigenvalue weighted by Gasteiger charge is -2.10. The predicted molar refractivity (Wildman–Crippen MR) is 551 cm³/mol. The highest BCUT2D eigenvalue weighted by molar-refractivity contribution is 6.27. The molecule has 0 radical (unpaired) electrons. The van der Waals surface area contributed by atoms with Crippen LogP contribution in [0.15, 0.2) is 426 Å². The normalized spacial score (nSPS) is 12.1. The first-order valence-corrected chi connectivity index (χ1v) is 45.5. The maximum atomic E-state index is 5.07. The first-order valence-electron chi connectivity index (χ1n) is 45.5. The van der Waals surface area contributed by atoms with E-state index in [1.807, 2.05) is 104 Å². The van der Waals surface area contributed by atoms with Gasteiger partial charge in [0.1, 0.15) is 28.8 Å². The third-order valence-electron chi connectivity index (χ3n) is 27.5. The summed E-state index contributed by atoms with van der Waals surface area (Å²) in [6.07, 6.45) is 17.4. The van der Waals surface area contributed by atoms with E-state index in [2.05, 4.69) is 388 Å². The minimum absolute atomic E-state index is 0.914. The topological polar surface area (TPSA) is 166 Å². The van der Waals surface area contributed by atoms with Crippen LogP contribution >= 0.6 is 0 Å². The molecule has 17 aromatic heterocycles. The molecule has 136 heavy (non-hydrogen) atoms. The summed E-state index contributed by atoms with van der Waals surface area (Å²) in [7, 11) is 0. The van der Waals surface area contributed by atoms with Crippen molar-refractivity contribution in [3.05, 3.63) is 426 Å².